The van der Waals surface area contributed by atoms with Crippen LogP contribution in [-0.2, 0) is 6.42 Å². The molecule has 0 saturated heterocycles. The molecule has 47 heavy (non-hydrogen) atoms. The summed E-state index contributed by atoms with van der Waals surface area (Å²) in [6.07, 6.45) is 9.86. The van der Waals surface area contributed by atoms with Crippen LogP contribution in [0, 0.1) is 0 Å². The largest absolute Gasteiger partial charge is 0.309 e. The number of hydrogen-bond acceptors (Lipinski definition) is 3. The molecule has 9 aromatic rings. The van der Waals surface area contributed by atoms with Crippen LogP contribution in [0.1, 0.15) is 17.5 Å². The van der Waals surface area contributed by atoms with E-state index in [1.807, 2.05) is 24.8 Å². The molecule has 0 unspecified atom stereocenters. The van der Waals surface area contributed by atoms with Crippen molar-refractivity contribution >= 4 is 48.9 Å². The van der Waals surface area contributed by atoms with Crippen molar-refractivity contribution in [1.82, 2.24) is 19.5 Å². The second-order valence-corrected chi connectivity index (χ2v) is 12.4. The van der Waals surface area contributed by atoms with E-state index in [9.17, 15) is 0 Å². The minimum Gasteiger partial charge on any atom is -0.309 e. The molecule has 5 aromatic carbocycles. The fraction of sp³-hybridized carbons (Fsp3) is 0.0465. The number of nitrogens with zero attached hydrogens (tertiary/aromatic N) is 4. The SMILES string of the molecule is c1cc(-c2ccc(-c3ccc(C4=c5ccc6cccc7ccc(c5c76)CC4)cn3)nc2)cc(-n2c3ccccc3c3cnccc32)c1. The number of hydrogen-bond donors (Lipinski definition) is 0. The maximum atomic E-state index is 4.91. The molecule has 0 amide bonds. The summed E-state index contributed by atoms with van der Waals surface area (Å²) in [6, 6.07) is 43.5. The monoisotopic (exact) mass is 600 g/mol. The van der Waals surface area contributed by atoms with Crippen molar-refractivity contribution in [2.45, 2.75) is 12.8 Å². The normalized spacial score (nSPS) is 12.9. The second kappa shape index (κ2) is 10.2. The third-order valence-electron chi connectivity index (χ3n) is 9.88. The van der Waals surface area contributed by atoms with Gasteiger partial charge in [-0.15, -0.1) is 0 Å². The van der Waals surface area contributed by atoms with Crippen LogP contribution in [0.5, 0.6) is 0 Å². The molecule has 4 heteroatoms. The molecule has 1 aliphatic carbocycles. The van der Waals surface area contributed by atoms with E-state index in [4.69, 9.17) is 9.97 Å². The standard InChI is InChI=1S/C43H28N4/c1-2-10-40-35(9-1)37-26-44-22-21-41(37)47(40)33-8-4-7-30(23-33)31-15-19-38(45-24-31)39-20-16-32(25-46-39)34-17-13-29-12-11-27-5-3-6-28-14-18-36(34)43(29)42(27)28/h1-12,14-16,18-26H,13,17H2. The van der Waals surface area contributed by atoms with E-state index in [2.05, 4.69) is 131 Å². The summed E-state index contributed by atoms with van der Waals surface area (Å²) in [5, 5.41) is 9.10. The van der Waals surface area contributed by atoms with Gasteiger partial charge in [0.15, 0.2) is 0 Å². The highest BCUT2D eigenvalue weighted by atomic mass is 15.0. The number of para-hydroxylation sites is 1. The molecule has 0 N–H and O–H groups in total. The molecule has 10 rings (SSSR count). The Kier molecular flexibility index (Phi) is 5.67. The van der Waals surface area contributed by atoms with Gasteiger partial charge < -0.3 is 4.57 Å². The lowest BCUT2D eigenvalue weighted by Crippen LogP contribution is -2.16. The predicted molar refractivity (Wildman–Crippen MR) is 193 cm³/mol. The zero-order valence-corrected chi connectivity index (χ0v) is 25.6. The Morgan fingerprint density at radius 1 is 0.511 bits per heavy atom. The third kappa shape index (κ3) is 4.05. The fourth-order valence-corrected chi connectivity index (χ4v) is 7.67. The summed E-state index contributed by atoms with van der Waals surface area (Å²) in [6.45, 7) is 0. The lowest BCUT2D eigenvalue weighted by molar-refractivity contribution is 1.00. The van der Waals surface area contributed by atoms with Crippen LogP contribution in [0.25, 0.3) is 77.1 Å². The molecule has 0 atom stereocenters. The van der Waals surface area contributed by atoms with Gasteiger partial charge in [0.1, 0.15) is 0 Å². The number of aryl methyl sites for hydroxylation is 1. The van der Waals surface area contributed by atoms with Crippen molar-refractivity contribution in [2.75, 3.05) is 0 Å². The van der Waals surface area contributed by atoms with Gasteiger partial charge in [-0.2, -0.15) is 0 Å². The van der Waals surface area contributed by atoms with Crippen molar-refractivity contribution in [1.29, 1.82) is 0 Å². The quantitative estimate of drug-likeness (QED) is 0.202. The van der Waals surface area contributed by atoms with Gasteiger partial charge in [-0.05, 0) is 98.3 Å². The van der Waals surface area contributed by atoms with Gasteiger partial charge >= 0.3 is 0 Å². The van der Waals surface area contributed by atoms with Gasteiger partial charge in [0.05, 0.1) is 22.4 Å². The molecule has 0 aliphatic heterocycles. The summed E-state index contributed by atoms with van der Waals surface area (Å²) >= 11 is 0. The topological polar surface area (TPSA) is 43.6 Å². The third-order valence-corrected chi connectivity index (χ3v) is 9.88. The molecular weight excluding hydrogens is 573 g/mol. The van der Waals surface area contributed by atoms with Crippen LogP contribution in [0.4, 0.5) is 0 Å². The van der Waals surface area contributed by atoms with E-state index in [-0.39, 0.29) is 0 Å². The Morgan fingerprint density at radius 2 is 1.28 bits per heavy atom. The number of rotatable bonds is 4. The molecular formula is C43H28N4. The summed E-state index contributed by atoms with van der Waals surface area (Å²) in [4.78, 5) is 14.2. The molecule has 0 spiro atoms. The van der Waals surface area contributed by atoms with Crippen LogP contribution < -0.4 is 5.22 Å². The number of fused-ring (bicyclic) bond motifs is 3. The molecule has 1 aliphatic rings. The molecule has 4 nitrogen and oxygen atoms in total. The average molecular weight is 601 g/mol. The summed E-state index contributed by atoms with van der Waals surface area (Å²) < 4.78 is 2.31. The van der Waals surface area contributed by atoms with Crippen molar-refractivity contribution in [3.05, 3.63) is 162 Å². The Bertz CT molecular complexity index is 2650. The molecule has 220 valence electrons. The first-order valence-electron chi connectivity index (χ1n) is 16.1. The first-order chi connectivity index (χ1) is 23.3. The highest BCUT2D eigenvalue weighted by Crippen LogP contribution is 2.34. The van der Waals surface area contributed by atoms with Crippen LogP contribution in [0.15, 0.2) is 146 Å². The van der Waals surface area contributed by atoms with Crippen LogP contribution in [0.2, 0.25) is 0 Å². The lowest BCUT2D eigenvalue weighted by atomic mass is 9.85. The lowest BCUT2D eigenvalue weighted by Gasteiger charge is -2.19. The Labute approximate surface area is 271 Å². The fourth-order valence-electron chi connectivity index (χ4n) is 7.67. The average Bonchev–Trinajstić information content (AvgIpc) is 3.48. The van der Waals surface area contributed by atoms with E-state index in [1.54, 1.807) is 0 Å². The van der Waals surface area contributed by atoms with Gasteiger partial charge in [0.25, 0.3) is 0 Å². The van der Waals surface area contributed by atoms with E-state index in [0.717, 1.165) is 51.9 Å². The van der Waals surface area contributed by atoms with Crippen molar-refractivity contribution < 1.29 is 0 Å². The predicted octanol–water partition coefficient (Wildman–Crippen LogP) is 9.47. The van der Waals surface area contributed by atoms with Crippen molar-refractivity contribution in [2.24, 2.45) is 0 Å². The Hall–Kier alpha value is -6.13. The van der Waals surface area contributed by atoms with E-state index in [0.29, 0.717) is 0 Å². The van der Waals surface area contributed by atoms with E-state index in [1.165, 1.54) is 54.4 Å². The molecule has 0 bridgehead atoms. The van der Waals surface area contributed by atoms with E-state index >= 15 is 0 Å². The van der Waals surface area contributed by atoms with Gasteiger partial charge in [0, 0.05) is 46.8 Å². The first-order valence-corrected chi connectivity index (χ1v) is 16.1. The molecule has 4 aromatic heterocycles. The minimum atomic E-state index is 0.867. The van der Waals surface area contributed by atoms with Crippen LogP contribution in [0.3, 0.4) is 0 Å². The van der Waals surface area contributed by atoms with Gasteiger partial charge in [0.2, 0.25) is 0 Å². The van der Waals surface area contributed by atoms with E-state index < -0.39 is 0 Å². The van der Waals surface area contributed by atoms with Crippen molar-refractivity contribution in [3.63, 3.8) is 0 Å². The number of pyridine rings is 3. The van der Waals surface area contributed by atoms with Gasteiger partial charge in [-0.3, -0.25) is 15.0 Å². The maximum absolute atomic E-state index is 4.91. The first kappa shape index (κ1) is 26.1. The van der Waals surface area contributed by atoms with Crippen LogP contribution in [-0.4, -0.2) is 19.5 Å². The summed E-state index contributed by atoms with van der Waals surface area (Å²) in [7, 11) is 0. The zero-order chi connectivity index (χ0) is 30.9. The number of benzene rings is 5. The molecule has 4 heterocycles. The van der Waals surface area contributed by atoms with Gasteiger partial charge in [-0.1, -0.05) is 84.9 Å². The van der Waals surface area contributed by atoms with Crippen molar-refractivity contribution in [3.8, 4) is 28.2 Å². The number of aromatic nitrogens is 4. The summed E-state index contributed by atoms with van der Waals surface area (Å²) in [5.41, 5.74) is 11.4. The highest BCUT2D eigenvalue weighted by Gasteiger charge is 2.17. The molecule has 0 saturated carbocycles. The van der Waals surface area contributed by atoms with Gasteiger partial charge in [-0.25, -0.2) is 0 Å². The molecule has 0 radical (unpaired) electrons. The smallest absolute Gasteiger partial charge is 0.0886 e. The maximum Gasteiger partial charge on any atom is 0.0886 e. The summed E-state index contributed by atoms with van der Waals surface area (Å²) in [5.74, 6) is 0. The zero-order valence-electron chi connectivity index (χ0n) is 25.6. The van der Waals surface area contributed by atoms with Crippen LogP contribution >= 0.6 is 0 Å². The highest BCUT2D eigenvalue weighted by molar-refractivity contribution is 6.12. The Balaban J connectivity index is 0.989. The molecule has 0 fully saturated rings. The minimum absolute atomic E-state index is 0.867. The second-order valence-electron chi connectivity index (χ2n) is 12.4. The Morgan fingerprint density at radius 3 is 2.11 bits per heavy atom.